The zero-order valence-corrected chi connectivity index (χ0v) is 12.3. The highest BCUT2D eigenvalue weighted by molar-refractivity contribution is 5.91. The Morgan fingerprint density at radius 2 is 2.00 bits per heavy atom. The van der Waals surface area contributed by atoms with Crippen LogP contribution >= 0.6 is 0 Å². The number of carboxylic acids is 1. The van der Waals surface area contributed by atoms with E-state index in [2.05, 4.69) is 4.98 Å². The number of imidazole rings is 1. The lowest BCUT2D eigenvalue weighted by atomic mass is 10.2. The summed E-state index contributed by atoms with van der Waals surface area (Å²) in [4.78, 5) is 28.8. The monoisotopic (exact) mass is 316 g/mol. The van der Waals surface area contributed by atoms with Crippen molar-refractivity contribution in [2.24, 2.45) is 0 Å². The van der Waals surface area contributed by atoms with Crippen LogP contribution in [0, 0.1) is 0 Å². The van der Waals surface area contributed by atoms with Gasteiger partial charge in [-0.05, 0) is 5.56 Å². The largest absolute Gasteiger partial charge is 0.476 e. The number of nitrogen functional groups attached to an aromatic ring is 1. The van der Waals surface area contributed by atoms with E-state index in [0.717, 1.165) is 5.56 Å². The summed E-state index contributed by atoms with van der Waals surface area (Å²) >= 11 is 0. The third-order valence-electron chi connectivity index (χ3n) is 3.67. The van der Waals surface area contributed by atoms with Crippen molar-refractivity contribution in [2.45, 2.75) is 19.7 Å². The van der Waals surface area contributed by atoms with Crippen LogP contribution in [-0.4, -0.2) is 38.2 Å². The van der Waals surface area contributed by atoms with Gasteiger partial charge in [0.25, 0.3) is 0 Å². The molecule has 8 nitrogen and oxygen atoms in total. The third kappa shape index (κ3) is 2.96. The molecule has 2 aromatic rings. The number of carboxylic acid groups (broad SMARTS) is 1. The topological polar surface area (TPSA) is 111 Å². The maximum atomic E-state index is 12.1. The SMILES string of the molecule is Nc1nc2n(c1C(=O)O)CCN(C(=O)OCc1ccccc1)C2. The van der Waals surface area contributed by atoms with Gasteiger partial charge in [0.1, 0.15) is 12.4 Å². The molecule has 8 heteroatoms. The molecule has 3 N–H and O–H groups in total. The summed E-state index contributed by atoms with van der Waals surface area (Å²) in [6, 6.07) is 9.38. The molecule has 1 aromatic heterocycles. The van der Waals surface area contributed by atoms with Crippen LogP contribution in [0.2, 0.25) is 0 Å². The highest BCUT2D eigenvalue weighted by Crippen LogP contribution is 2.20. The standard InChI is InChI=1S/C15H16N4O4/c16-13-12(14(20)21)19-7-6-18(8-11(19)17-13)15(22)23-9-10-4-2-1-3-5-10/h1-5H,6-9,16H2,(H,20,21). The zero-order chi connectivity index (χ0) is 16.4. The van der Waals surface area contributed by atoms with Gasteiger partial charge >= 0.3 is 12.1 Å². The summed E-state index contributed by atoms with van der Waals surface area (Å²) in [5.41, 5.74) is 6.50. The number of aromatic nitrogens is 2. The molecule has 0 saturated heterocycles. The van der Waals surface area contributed by atoms with Gasteiger partial charge in [-0.1, -0.05) is 30.3 Å². The summed E-state index contributed by atoms with van der Waals surface area (Å²) in [7, 11) is 0. The van der Waals surface area contributed by atoms with E-state index in [4.69, 9.17) is 15.6 Å². The fourth-order valence-electron chi connectivity index (χ4n) is 2.54. The molecule has 120 valence electrons. The van der Waals surface area contributed by atoms with E-state index >= 15 is 0 Å². The Morgan fingerprint density at radius 3 is 2.70 bits per heavy atom. The number of ether oxygens (including phenoxy) is 1. The van der Waals surface area contributed by atoms with Crippen molar-refractivity contribution in [1.82, 2.24) is 14.5 Å². The van der Waals surface area contributed by atoms with E-state index in [0.29, 0.717) is 18.9 Å². The van der Waals surface area contributed by atoms with Crippen LogP contribution in [0.5, 0.6) is 0 Å². The fraction of sp³-hybridized carbons (Fsp3) is 0.267. The molecular formula is C15H16N4O4. The number of hydrogen-bond acceptors (Lipinski definition) is 5. The first-order chi connectivity index (χ1) is 11.1. The normalized spacial score (nSPS) is 13.5. The Balaban J connectivity index is 1.66. The van der Waals surface area contributed by atoms with Gasteiger partial charge in [-0.15, -0.1) is 0 Å². The van der Waals surface area contributed by atoms with E-state index in [1.807, 2.05) is 30.3 Å². The van der Waals surface area contributed by atoms with E-state index in [9.17, 15) is 9.59 Å². The molecular weight excluding hydrogens is 300 g/mol. The number of hydrogen-bond donors (Lipinski definition) is 2. The second-order valence-corrected chi connectivity index (χ2v) is 5.18. The minimum absolute atomic E-state index is 0.0303. The quantitative estimate of drug-likeness (QED) is 0.883. The van der Waals surface area contributed by atoms with E-state index in [1.165, 1.54) is 9.47 Å². The first-order valence-corrected chi connectivity index (χ1v) is 7.10. The summed E-state index contributed by atoms with van der Waals surface area (Å²) in [6.07, 6.45) is -0.460. The maximum absolute atomic E-state index is 12.1. The summed E-state index contributed by atoms with van der Waals surface area (Å²) in [5.74, 6) is -0.712. The van der Waals surface area contributed by atoms with Crippen molar-refractivity contribution in [3.8, 4) is 0 Å². The van der Waals surface area contributed by atoms with Crippen LogP contribution < -0.4 is 5.73 Å². The van der Waals surface area contributed by atoms with Crippen LogP contribution in [0.25, 0.3) is 0 Å². The first-order valence-electron chi connectivity index (χ1n) is 7.10. The number of rotatable bonds is 3. The lowest BCUT2D eigenvalue weighted by Gasteiger charge is -2.27. The molecule has 0 bridgehead atoms. The number of anilines is 1. The number of carbonyl (C=O) groups excluding carboxylic acids is 1. The zero-order valence-electron chi connectivity index (χ0n) is 12.3. The smallest absolute Gasteiger partial charge is 0.410 e. The molecule has 0 unspecified atom stereocenters. The fourth-order valence-corrected chi connectivity index (χ4v) is 2.54. The number of carbonyl (C=O) groups is 2. The van der Waals surface area contributed by atoms with Gasteiger partial charge in [0.05, 0.1) is 6.54 Å². The van der Waals surface area contributed by atoms with Crippen molar-refractivity contribution in [2.75, 3.05) is 12.3 Å². The lowest BCUT2D eigenvalue weighted by molar-refractivity contribution is 0.0678. The van der Waals surface area contributed by atoms with Crippen LogP contribution in [0.15, 0.2) is 30.3 Å². The predicted molar refractivity (Wildman–Crippen MR) is 80.6 cm³/mol. The molecule has 0 fully saturated rings. The van der Waals surface area contributed by atoms with Crippen molar-refractivity contribution < 1.29 is 19.4 Å². The summed E-state index contributed by atoms with van der Waals surface area (Å²) < 4.78 is 6.80. The number of nitrogens with two attached hydrogens (primary N) is 1. The minimum atomic E-state index is -1.12. The Hall–Kier alpha value is -3.03. The Morgan fingerprint density at radius 1 is 1.26 bits per heavy atom. The number of nitrogens with zero attached hydrogens (tertiary/aromatic N) is 3. The van der Waals surface area contributed by atoms with E-state index < -0.39 is 12.1 Å². The molecule has 1 aliphatic heterocycles. The van der Waals surface area contributed by atoms with Gasteiger partial charge in [0.2, 0.25) is 0 Å². The average molecular weight is 316 g/mol. The Kier molecular flexibility index (Phi) is 3.88. The highest BCUT2D eigenvalue weighted by atomic mass is 16.6. The molecule has 0 atom stereocenters. The van der Waals surface area contributed by atoms with Gasteiger partial charge in [0.15, 0.2) is 11.5 Å². The van der Waals surface area contributed by atoms with Crippen molar-refractivity contribution >= 4 is 17.9 Å². The molecule has 1 aliphatic rings. The second-order valence-electron chi connectivity index (χ2n) is 5.18. The Bertz CT molecular complexity index is 741. The number of benzene rings is 1. The Labute approximate surface area is 132 Å². The lowest BCUT2D eigenvalue weighted by Crippen LogP contribution is -2.39. The molecule has 0 aliphatic carbocycles. The van der Waals surface area contributed by atoms with Crippen LogP contribution in [0.4, 0.5) is 10.6 Å². The maximum Gasteiger partial charge on any atom is 0.410 e. The number of fused-ring (bicyclic) bond motifs is 1. The molecule has 23 heavy (non-hydrogen) atoms. The van der Waals surface area contributed by atoms with Crippen LogP contribution in [0.1, 0.15) is 21.9 Å². The van der Waals surface area contributed by atoms with Crippen molar-refractivity contribution in [3.05, 3.63) is 47.4 Å². The van der Waals surface area contributed by atoms with E-state index in [-0.39, 0.29) is 24.7 Å². The van der Waals surface area contributed by atoms with Gasteiger partial charge in [-0.3, -0.25) is 4.90 Å². The number of aromatic carboxylic acids is 1. The van der Waals surface area contributed by atoms with Crippen molar-refractivity contribution in [3.63, 3.8) is 0 Å². The molecule has 0 saturated carbocycles. The van der Waals surface area contributed by atoms with Crippen LogP contribution in [0.3, 0.4) is 0 Å². The molecule has 2 heterocycles. The minimum Gasteiger partial charge on any atom is -0.476 e. The van der Waals surface area contributed by atoms with Crippen molar-refractivity contribution in [1.29, 1.82) is 0 Å². The summed E-state index contributed by atoms with van der Waals surface area (Å²) in [6.45, 7) is 1.02. The molecule has 0 spiro atoms. The highest BCUT2D eigenvalue weighted by Gasteiger charge is 2.28. The second kappa shape index (κ2) is 5.99. The van der Waals surface area contributed by atoms with E-state index in [1.54, 1.807) is 0 Å². The number of amides is 1. The predicted octanol–water partition coefficient (Wildman–Crippen LogP) is 1.32. The summed E-state index contributed by atoms with van der Waals surface area (Å²) in [5, 5.41) is 9.15. The molecule has 0 radical (unpaired) electrons. The molecule has 1 aromatic carbocycles. The average Bonchev–Trinajstić information content (AvgIpc) is 2.88. The first kappa shape index (κ1) is 14.9. The van der Waals surface area contributed by atoms with Gasteiger partial charge < -0.3 is 20.1 Å². The van der Waals surface area contributed by atoms with Crippen LogP contribution in [-0.2, 0) is 24.4 Å². The molecule has 1 amide bonds. The molecule has 3 rings (SSSR count). The van der Waals surface area contributed by atoms with Gasteiger partial charge in [0, 0.05) is 13.1 Å². The third-order valence-corrected chi connectivity index (χ3v) is 3.67. The van der Waals surface area contributed by atoms with Gasteiger partial charge in [-0.25, -0.2) is 14.6 Å². The van der Waals surface area contributed by atoms with Gasteiger partial charge in [-0.2, -0.15) is 0 Å².